The Morgan fingerprint density at radius 2 is 1.93 bits per heavy atom. The van der Waals surface area contributed by atoms with Gasteiger partial charge in [0.05, 0.1) is 18.8 Å². The highest BCUT2D eigenvalue weighted by atomic mass is 19.4. The average molecular weight is 402 g/mol. The third-order valence-electron chi connectivity index (χ3n) is 4.60. The first-order valence-electron chi connectivity index (χ1n) is 9.27. The maximum absolute atomic E-state index is 13.0. The predicted molar refractivity (Wildman–Crippen MR) is 104 cm³/mol. The molecule has 1 aliphatic rings. The number of pyridine rings is 1. The van der Waals surface area contributed by atoms with Gasteiger partial charge < -0.3 is 20.7 Å². The molecule has 2 heterocycles. The fourth-order valence-corrected chi connectivity index (χ4v) is 2.94. The lowest BCUT2D eigenvalue weighted by molar-refractivity contribution is -0.137. The molecular formula is C18H29F3N6O. The van der Waals surface area contributed by atoms with Crippen LogP contribution in [0, 0.1) is 0 Å². The molecule has 0 unspecified atom stereocenters. The van der Waals surface area contributed by atoms with Crippen molar-refractivity contribution in [2.75, 3.05) is 58.3 Å². The largest absolute Gasteiger partial charge is 0.419 e. The van der Waals surface area contributed by atoms with Gasteiger partial charge in [-0.3, -0.25) is 9.89 Å². The van der Waals surface area contributed by atoms with E-state index in [9.17, 15) is 13.2 Å². The van der Waals surface area contributed by atoms with Crippen molar-refractivity contribution in [1.29, 1.82) is 0 Å². The lowest BCUT2D eigenvalue weighted by Crippen LogP contribution is -2.56. The van der Waals surface area contributed by atoms with E-state index in [1.165, 1.54) is 12.3 Å². The van der Waals surface area contributed by atoms with Crippen LogP contribution in [0.4, 0.5) is 19.0 Å². The minimum Gasteiger partial charge on any atom is -0.379 e. The molecule has 10 heteroatoms. The van der Waals surface area contributed by atoms with Crippen LogP contribution in [0.3, 0.4) is 0 Å². The number of nitrogens with zero attached hydrogens (tertiary/aromatic N) is 3. The van der Waals surface area contributed by atoms with E-state index < -0.39 is 11.7 Å². The normalized spacial score (nSPS) is 16.7. The lowest BCUT2D eigenvalue weighted by Gasteiger charge is -2.41. The lowest BCUT2D eigenvalue weighted by atomic mass is 10.0. The van der Waals surface area contributed by atoms with Crippen molar-refractivity contribution in [3.05, 3.63) is 23.9 Å². The number of halogens is 3. The zero-order valence-corrected chi connectivity index (χ0v) is 16.6. The molecule has 1 aromatic heterocycles. The molecule has 158 valence electrons. The summed E-state index contributed by atoms with van der Waals surface area (Å²) < 4.78 is 44.3. The molecule has 0 spiro atoms. The van der Waals surface area contributed by atoms with E-state index >= 15 is 0 Å². The number of anilines is 1. The second kappa shape index (κ2) is 9.92. The number of rotatable bonds is 7. The Morgan fingerprint density at radius 1 is 1.21 bits per heavy atom. The van der Waals surface area contributed by atoms with Crippen LogP contribution in [0.1, 0.15) is 19.4 Å². The second-order valence-corrected chi connectivity index (χ2v) is 7.09. The number of morpholine rings is 1. The summed E-state index contributed by atoms with van der Waals surface area (Å²) in [5.74, 6) is 0.424. The predicted octanol–water partition coefficient (Wildman–Crippen LogP) is 1.79. The van der Waals surface area contributed by atoms with Crippen LogP contribution in [0.2, 0.25) is 0 Å². The maximum Gasteiger partial charge on any atom is 0.419 e. The summed E-state index contributed by atoms with van der Waals surface area (Å²) in [7, 11) is 1.66. The third kappa shape index (κ3) is 6.52. The van der Waals surface area contributed by atoms with Crippen LogP contribution >= 0.6 is 0 Å². The highest BCUT2D eigenvalue weighted by molar-refractivity contribution is 5.79. The smallest absolute Gasteiger partial charge is 0.379 e. The first-order chi connectivity index (χ1) is 13.2. The Labute approximate surface area is 163 Å². The molecule has 0 amide bonds. The second-order valence-electron chi connectivity index (χ2n) is 7.09. The molecule has 0 radical (unpaired) electrons. The Bertz CT molecular complexity index is 644. The molecule has 1 fully saturated rings. The number of aromatic nitrogens is 1. The molecular weight excluding hydrogens is 373 g/mol. The molecule has 1 aliphatic heterocycles. The van der Waals surface area contributed by atoms with Crippen molar-refractivity contribution in [3.63, 3.8) is 0 Å². The van der Waals surface area contributed by atoms with Gasteiger partial charge in [0, 0.05) is 51.5 Å². The van der Waals surface area contributed by atoms with Gasteiger partial charge in [0.1, 0.15) is 5.82 Å². The molecule has 0 saturated carbocycles. The highest BCUT2D eigenvalue weighted by Crippen LogP contribution is 2.33. The monoisotopic (exact) mass is 402 g/mol. The number of alkyl halides is 3. The number of hydrogen-bond donors (Lipinski definition) is 3. The Hall–Kier alpha value is -2.07. The first kappa shape index (κ1) is 22.2. The van der Waals surface area contributed by atoms with E-state index in [2.05, 4.69) is 44.7 Å². The molecule has 1 aromatic rings. The Kier molecular flexibility index (Phi) is 7.88. The molecule has 28 heavy (non-hydrogen) atoms. The van der Waals surface area contributed by atoms with Gasteiger partial charge in [-0.25, -0.2) is 4.98 Å². The summed E-state index contributed by atoms with van der Waals surface area (Å²) in [6.07, 6.45) is -3.11. The quantitative estimate of drug-likeness (QED) is 0.367. The SMILES string of the molecule is CN=C(NCCNc1ncccc1C(F)(F)F)NCC(C)(C)N1CCOCC1. The van der Waals surface area contributed by atoms with Crippen molar-refractivity contribution < 1.29 is 17.9 Å². The summed E-state index contributed by atoms with van der Waals surface area (Å²) >= 11 is 0. The van der Waals surface area contributed by atoms with Crippen molar-refractivity contribution in [3.8, 4) is 0 Å². The van der Waals surface area contributed by atoms with Gasteiger partial charge in [-0.15, -0.1) is 0 Å². The zero-order valence-electron chi connectivity index (χ0n) is 16.6. The first-order valence-corrected chi connectivity index (χ1v) is 9.27. The maximum atomic E-state index is 13.0. The zero-order chi connectivity index (χ0) is 20.6. The van der Waals surface area contributed by atoms with Gasteiger partial charge in [-0.05, 0) is 26.0 Å². The standard InChI is InChI=1S/C18H29F3N6O/c1-17(2,27-9-11-28-12-10-27)13-26-16(22-3)25-8-7-24-15-14(18(19,20)21)5-4-6-23-15/h4-6H,7-13H2,1-3H3,(H,23,24)(H2,22,25,26). The van der Waals surface area contributed by atoms with Gasteiger partial charge >= 0.3 is 6.18 Å². The molecule has 0 bridgehead atoms. The van der Waals surface area contributed by atoms with E-state index in [1.807, 2.05) is 0 Å². The molecule has 0 atom stereocenters. The van der Waals surface area contributed by atoms with Gasteiger partial charge in [0.2, 0.25) is 0 Å². The van der Waals surface area contributed by atoms with Crippen LogP contribution < -0.4 is 16.0 Å². The van der Waals surface area contributed by atoms with Crippen LogP contribution in [0.15, 0.2) is 23.3 Å². The Balaban J connectivity index is 1.77. The number of guanidine groups is 1. The number of hydrogen-bond acceptors (Lipinski definition) is 5. The van der Waals surface area contributed by atoms with Crippen LogP contribution in [0.25, 0.3) is 0 Å². The molecule has 0 aromatic carbocycles. The van der Waals surface area contributed by atoms with Crippen LogP contribution in [-0.4, -0.2) is 74.4 Å². The summed E-state index contributed by atoms with van der Waals surface area (Å²) in [6.45, 7) is 8.88. The van der Waals surface area contributed by atoms with Gasteiger partial charge in [-0.1, -0.05) is 0 Å². The minimum atomic E-state index is -4.44. The van der Waals surface area contributed by atoms with Crippen molar-refractivity contribution in [2.45, 2.75) is 25.6 Å². The fraction of sp³-hybridized carbons (Fsp3) is 0.667. The van der Waals surface area contributed by atoms with E-state index in [1.54, 1.807) is 7.05 Å². The molecule has 0 aliphatic carbocycles. The van der Waals surface area contributed by atoms with E-state index in [-0.39, 0.29) is 17.9 Å². The topological polar surface area (TPSA) is 73.8 Å². The third-order valence-corrected chi connectivity index (χ3v) is 4.60. The summed E-state index contributed by atoms with van der Waals surface area (Å²) in [4.78, 5) is 10.3. The van der Waals surface area contributed by atoms with Crippen LogP contribution in [-0.2, 0) is 10.9 Å². The van der Waals surface area contributed by atoms with Crippen molar-refractivity contribution >= 4 is 11.8 Å². The van der Waals surface area contributed by atoms with E-state index in [4.69, 9.17) is 4.74 Å². The van der Waals surface area contributed by atoms with E-state index in [0.29, 0.717) is 19.0 Å². The summed E-state index contributed by atoms with van der Waals surface area (Å²) in [5, 5.41) is 9.10. The molecule has 3 N–H and O–H groups in total. The molecule has 1 saturated heterocycles. The summed E-state index contributed by atoms with van der Waals surface area (Å²) in [6, 6.07) is 2.28. The van der Waals surface area contributed by atoms with Gasteiger partial charge in [0.25, 0.3) is 0 Å². The van der Waals surface area contributed by atoms with Gasteiger partial charge in [-0.2, -0.15) is 13.2 Å². The van der Waals surface area contributed by atoms with E-state index in [0.717, 1.165) is 32.4 Å². The van der Waals surface area contributed by atoms with Crippen molar-refractivity contribution in [1.82, 2.24) is 20.5 Å². The molecule has 7 nitrogen and oxygen atoms in total. The minimum absolute atomic E-state index is 0.0742. The highest BCUT2D eigenvalue weighted by Gasteiger charge is 2.34. The number of aliphatic imine (C=N–C) groups is 1. The fourth-order valence-electron chi connectivity index (χ4n) is 2.94. The number of ether oxygens (including phenoxy) is 1. The molecule has 2 rings (SSSR count). The summed E-state index contributed by atoms with van der Waals surface area (Å²) in [5.41, 5.74) is -0.848. The van der Waals surface area contributed by atoms with Gasteiger partial charge in [0.15, 0.2) is 5.96 Å². The average Bonchev–Trinajstić information content (AvgIpc) is 2.67. The number of nitrogens with one attached hydrogen (secondary N) is 3. The van der Waals surface area contributed by atoms with Crippen LogP contribution in [0.5, 0.6) is 0 Å². The Morgan fingerprint density at radius 3 is 2.57 bits per heavy atom. The van der Waals surface area contributed by atoms with Crippen molar-refractivity contribution in [2.24, 2.45) is 4.99 Å².